The maximum atomic E-state index is 8.45. The van der Waals surface area contributed by atoms with E-state index in [0.29, 0.717) is 10.2 Å². The molecule has 0 aliphatic heterocycles. The molecule has 44 valence electrons. The van der Waals surface area contributed by atoms with E-state index in [1.54, 1.807) is 0 Å². The summed E-state index contributed by atoms with van der Waals surface area (Å²) in [7, 11) is 0. The van der Waals surface area contributed by atoms with Gasteiger partial charge in [0.15, 0.2) is 0 Å². The average molecular weight is 178 g/mol. The lowest BCUT2D eigenvalue weighted by atomic mass is 10.5. The zero-order valence-corrected chi connectivity index (χ0v) is 5.55. The maximum absolute atomic E-state index is 8.45. The van der Waals surface area contributed by atoms with Crippen molar-refractivity contribution in [3.8, 4) is 0 Å². The van der Waals surface area contributed by atoms with E-state index in [1.165, 1.54) is 6.26 Å². The van der Waals surface area contributed by atoms with E-state index in [-0.39, 0.29) is 6.61 Å². The van der Waals surface area contributed by atoms with Gasteiger partial charge in [-0.1, -0.05) is 5.16 Å². The Morgan fingerprint density at radius 3 is 2.88 bits per heavy atom. The van der Waals surface area contributed by atoms with Crippen molar-refractivity contribution >= 4 is 15.9 Å². The second-order valence-electron chi connectivity index (χ2n) is 1.27. The summed E-state index contributed by atoms with van der Waals surface area (Å²) in [5.74, 6) is 0. The van der Waals surface area contributed by atoms with Gasteiger partial charge in [-0.05, 0) is 15.9 Å². The molecule has 0 radical (unpaired) electrons. The molecule has 0 unspecified atom stereocenters. The summed E-state index contributed by atoms with van der Waals surface area (Å²) >= 11 is 3.11. The Morgan fingerprint density at radius 1 is 1.88 bits per heavy atom. The number of halogens is 1. The number of aliphatic hydroxyl groups is 1. The predicted molar refractivity (Wildman–Crippen MR) is 30.1 cm³/mol. The molecular formula is C4H4BrNO2. The lowest BCUT2D eigenvalue weighted by molar-refractivity contribution is 0.266. The van der Waals surface area contributed by atoms with Crippen LogP contribution in [0.25, 0.3) is 0 Å². The Balaban J connectivity index is 2.92. The molecule has 1 N–H and O–H groups in total. The van der Waals surface area contributed by atoms with Gasteiger partial charge >= 0.3 is 0 Å². The maximum Gasteiger partial charge on any atom is 0.138 e. The lowest BCUT2D eigenvalue weighted by Crippen LogP contribution is -1.80. The van der Waals surface area contributed by atoms with Gasteiger partial charge in [-0.2, -0.15) is 0 Å². The fraction of sp³-hybridized carbons (Fsp3) is 0.250. The van der Waals surface area contributed by atoms with Gasteiger partial charge in [0.05, 0.1) is 11.1 Å². The average Bonchev–Trinajstić information content (AvgIpc) is 2.14. The smallest absolute Gasteiger partial charge is 0.138 e. The van der Waals surface area contributed by atoms with Gasteiger partial charge in [-0.15, -0.1) is 0 Å². The molecule has 0 aliphatic rings. The van der Waals surface area contributed by atoms with Gasteiger partial charge in [-0.3, -0.25) is 0 Å². The molecule has 0 saturated heterocycles. The van der Waals surface area contributed by atoms with Gasteiger partial charge in [0.2, 0.25) is 0 Å². The third kappa shape index (κ3) is 0.900. The third-order valence-corrected chi connectivity index (χ3v) is 1.39. The molecule has 0 amide bonds. The molecule has 3 nitrogen and oxygen atoms in total. The fourth-order valence-electron chi connectivity index (χ4n) is 0.352. The van der Waals surface area contributed by atoms with Crippen LogP contribution in [-0.2, 0) is 6.61 Å². The summed E-state index contributed by atoms with van der Waals surface area (Å²) in [6.07, 6.45) is 1.42. The minimum Gasteiger partial charge on any atom is -0.390 e. The first-order chi connectivity index (χ1) is 3.84. The van der Waals surface area contributed by atoms with Crippen LogP contribution in [0.1, 0.15) is 5.69 Å². The quantitative estimate of drug-likeness (QED) is 0.695. The Labute approximate surface area is 54.4 Å². The molecule has 0 saturated carbocycles. The SMILES string of the molecule is OCc1nocc1Br. The van der Waals surface area contributed by atoms with Crippen LogP contribution >= 0.6 is 15.9 Å². The van der Waals surface area contributed by atoms with Gasteiger partial charge < -0.3 is 9.63 Å². The van der Waals surface area contributed by atoms with E-state index >= 15 is 0 Å². The Hall–Kier alpha value is -0.350. The topological polar surface area (TPSA) is 46.3 Å². The first kappa shape index (κ1) is 5.78. The number of aliphatic hydroxyl groups excluding tert-OH is 1. The van der Waals surface area contributed by atoms with Crippen LogP contribution in [0.5, 0.6) is 0 Å². The molecule has 4 heteroatoms. The number of aromatic nitrogens is 1. The lowest BCUT2D eigenvalue weighted by Gasteiger charge is -1.80. The molecule has 0 fully saturated rings. The molecule has 1 heterocycles. The van der Waals surface area contributed by atoms with E-state index in [4.69, 9.17) is 5.11 Å². The highest BCUT2D eigenvalue weighted by atomic mass is 79.9. The second-order valence-corrected chi connectivity index (χ2v) is 2.12. The molecule has 0 bridgehead atoms. The largest absolute Gasteiger partial charge is 0.390 e. The summed E-state index contributed by atoms with van der Waals surface area (Å²) in [4.78, 5) is 0. The monoisotopic (exact) mass is 177 g/mol. The summed E-state index contributed by atoms with van der Waals surface area (Å²) < 4.78 is 5.19. The van der Waals surface area contributed by atoms with Gasteiger partial charge in [0.1, 0.15) is 12.0 Å². The fourth-order valence-corrected chi connectivity index (χ4v) is 0.634. The highest BCUT2D eigenvalue weighted by Gasteiger charge is 1.99. The van der Waals surface area contributed by atoms with Crippen LogP contribution in [0.3, 0.4) is 0 Å². The molecule has 0 atom stereocenters. The molecule has 1 rings (SSSR count). The molecule has 1 aromatic rings. The van der Waals surface area contributed by atoms with Crippen molar-refractivity contribution in [2.24, 2.45) is 0 Å². The van der Waals surface area contributed by atoms with Gasteiger partial charge in [0.25, 0.3) is 0 Å². The van der Waals surface area contributed by atoms with Crippen molar-refractivity contribution < 1.29 is 9.63 Å². The number of rotatable bonds is 1. The second kappa shape index (κ2) is 2.28. The van der Waals surface area contributed by atoms with Crippen molar-refractivity contribution in [3.63, 3.8) is 0 Å². The molecule has 0 aromatic carbocycles. The van der Waals surface area contributed by atoms with E-state index in [2.05, 4.69) is 25.6 Å². The van der Waals surface area contributed by atoms with Crippen LogP contribution in [-0.4, -0.2) is 10.3 Å². The van der Waals surface area contributed by atoms with Crippen molar-refractivity contribution in [3.05, 3.63) is 16.4 Å². The summed E-state index contributed by atoms with van der Waals surface area (Å²) in [6, 6.07) is 0. The zero-order chi connectivity index (χ0) is 5.98. The standard InChI is InChI=1S/C4H4BrNO2/c5-3-2-8-6-4(3)1-7/h2,7H,1H2. The Kier molecular flexibility index (Phi) is 1.65. The van der Waals surface area contributed by atoms with Crippen LogP contribution in [0, 0.1) is 0 Å². The first-order valence-corrected chi connectivity index (χ1v) is 2.83. The minimum atomic E-state index is -0.0862. The first-order valence-electron chi connectivity index (χ1n) is 2.04. The van der Waals surface area contributed by atoms with Crippen molar-refractivity contribution in [2.75, 3.05) is 0 Å². The molecule has 1 aromatic heterocycles. The van der Waals surface area contributed by atoms with E-state index in [1.807, 2.05) is 0 Å². The summed E-state index contributed by atoms with van der Waals surface area (Å²) in [5.41, 5.74) is 0.532. The van der Waals surface area contributed by atoms with Gasteiger partial charge in [-0.25, -0.2) is 0 Å². The zero-order valence-electron chi connectivity index (χ0n) is 3.97. The van der Waals surface area contributed by atoms with Crippen LogP contribution in [0.15, 0.2) is 15.3 Å². The Bertz CT molecular complexity index is 174. The molecule has 0 aliphatic carbocycles. The van der Waals surface area contributed by atoms with Crippen molar-refractivity contribution in [1.29, 1.82) is 0 Å². The minimum absolute atomic E-state index is 0.0862. The number of hydrogen-bond acceptors (Lipinski definition) is 3. The summed E-state index contributed by atoms with van der Waals surface area (Å²) in [5, 5.41) is 11.9. The van der Waals surface area contributed by atoms with Crippen molar-refractivity contribution in [1.82, 2.24) is 5.16 Å². The van der Waals surface area contributed by atoms with Crippen LogP contribution in [0.4, 0.5) is 0 Å². The van der Waals surface area contributed by atoms with Crippen LogP contribution in [0.2, 0.25) is 0 Å². The molecular weight excluding hydrogens is 174 g/mol. The van der Waals surface area contributed by atoms with E-state index in [9.17, 15) is 0 Å². The number of nitrogens with zero attached hydrogens (tertiary/aromatic N) is 1. The van der Waals surface area contributed by atoms with Crippen molar-refractivity contribution in [2.45, 2.75) is 6.61 Å². The highest BCUT2D eigenvalue weighted by molar-refractivity contribution is 9.10. The third-order valence-electron chi connectivity index (χ3n) is 0.745. The molecule has 0 spiro atoms. The normalized spacial score (nSPS) is 9.75. The summed E-state index contributed by atoms with van der Waals surface area (Å²) in [6.45, 7) is -0.0862. The van der Waals surface area contributed by atoms with E-state index < -0.39 is 0 Å². The highest BCUT2D eigenvalue weighted by Crippen LogP contribution is 2.13. The molecule has 8 heavy (non-hydrogen) atoms. The van der Waals surface area contributed by atoms with E-state index in [0.717, 1.165) is 0 Å². The van der Waals surface area contributed by atoms with Gasteiger partial charge in [0, 0.05) is 0 Å². The Morgan fingerprint density at radius 2 is 2.62 bits per heavy atom. The van der Waals surface area contributed by atoms with Crippen LogP contribution < -0.4 is 0 Å². The predicted octanol–water partition coefficient (Wildman–Crippen LogP) is 0.929. The number of hydrogen-bond donors (Lipinski definition) is 1.